The molecule has 25 heavy (non-hydrogen) atoms. The summed E-state index contributed by atoms with van der Waals surface area (Å²) in [6.07, 6.45) is 0.136. The highest BCUT2D eigenvalue weighted by Crippen LogP contribution is 2.14. The van der Waals surface area contributed by atoms with Gasteiger partial charge in [-0.1, -0.05) is 6.92 Å². The van der Waals surface area contributed by atoms with Gasteiger partial charge in [0, 0.05) is 26.1 Å². The summed E-state index contributed by atoms with van der Waals surface area (Å²) in [5.41, 5.74) is -1.13. The van der Waals surface area contributed by atoms with Crippen molar-refractivity contribution < 1.29 is 23.9 Å². The summed E-state index contributed by atoms with van der Waals surface area (Å²) in [5, 5.41) is 2.75. The van der Waals surface area contributed by atoms with Gasteiger partial charge in [-0.3, -0.25) is 9.59 Å². The van der Waals surface area contributed by atoms with E-state index in [1.54, 1.807) is 48.6 Å². The number of esters is 1. The number of ether oxygens (including phenoxy) is 2. The lowest BCUT2D eigenvalue weighted by Gasteiger charge is -2.25. The Kier molecular flexibility index (Phi) is 8.94. The molecule has 1 atom stereocenters. The topological polar surface area (TPSA) is 84.9 Å². The lowest BCUT2D eigenvalue weighted by Crippen LogP contribution is -2.41. The molecule has 0 rings (SSSR count). The van der Waals surface area contributed by atoms with Crippen molar-refractivity contribution in [2.45, 2.75) is 72.5 Å². The number of carbonyl (C=O) groups is 3. The highest BCUT2D eigenvalue weighted by molar-refractivity contribution is 5.83. The van der Waals surface area contributed by atoms with Gasteiger partial charge in [0.25, 0.3) is 0 Å². The van der Waals surface area contributed by atoms with Gasteiger partial charge in [0.1, 0.15) is 11.2 Å². The van der Waals surface area contributed by atoms with Gasteiger partial charge in [0.2, 0.25) is 5.91 Å². The summed E-state index contributed by atoms with van der Waals surface area (Å²) in [5.74, 6) is -1.05. The number of rotatable bonds is 7. The Balaban J connectivity index is 4.33. The van der Waals surface area contributed by atoms with Crippen LogP contribution in [-0.4, -0.2) is 54.2 Å². The third-order valence-corrected chi connectivity index (χ3v) is 3.15. The number of nitrogens with zero attached hydrogens (tertiary/aromatic N) is 1. The molecule has 0 aromatic heterocycles. The Morgan fingerprint density at radius 3 is 1.96 bits per heavy atom. The fourth-order valence-electron chi connectivity index (χ4n) is 1.93. The molecule has 0 aliphatic rings. The molecule has 7 nitrogen and oxygen atoms in total. The third kappa shape index (κ3) is 11.4. The highest BCUT2D eigenvalue weighted by Gasteiger charge is 2.24. The maximum Gasteiger partial charge on any atom is 0.410 e. The summed E-state index contributed by atoms with van der Waals surface area (Å²) in [6, 6.07) is 0. The molecular weight excluding hydrogens is 324 g/mol. The van der Waals surface area contributed by atoms with Gasteiger partial charge >= 0.3 is 12.1 Å². The van der Waals surface area contributed by atoms with Crippen LogP contribution in [0.5, 0.6) is 0 Å². The van der Waals surface area contributed by atoms with Crippen LogP contribution in [0.25, 0.3) is 0 Å². The van der Waals surface area contributed by atoms with Gasteiger partial charge in [0.05, 0.1) is 6.42 Å². The number of carbonyl (C=O) groups excluding carboxylic acids is 3. The van der Waals surface area contributed by atoms with E-state index >= 15 is 0 Å². The molecule has 0 radical (unpaired) electrons. The monoisotopic (exact) mass is 358 g/mol. The molecule has 7 heteroatoms. The fourth-order valence-corrected chi connectivity index (χ4v) is 1.93. The zero-order valence-electron chi connectivity index (χ0n) is 16.9. The van der Waals surface area contributed by atoms with Crippen molar-refractivity contribution >= 4 is 18.0 Å². The molecule has 0 aromatic carbocycles. The fraction of sp³-hybridized carbons (Fsp3) is 0.833. The molecule has 1 N–H and O–H groups in total. The highest BCUT2D eigenvalue weighted by atomic mass is 16.6. The van der Waals surface area contributed by atoms with Crippen LogP contribution in [0.2, 0.25) is 0 Å². The van der Waals surface area contributed by atoms with Crippen LogP contribution in [-0.2, 0) is 19.1 Å². The van der Waals surface area contributed by atoms with Crippen LogP contribution in [0.3, 0.4) is 0 Å². The summed E-state index contributed by atoms with van der Waals surface area (Å²) < 4.78 is 10.5. The van der Waals surface area contributed by atoms with E-state index in [2.05, 4.69) is 5.32 Å². The first-order valence-corrected chi connectivity index (χ1v) is 8.69. The van der Waals surface area contributed by atoms with Crippen LogP contribution in [0.4, 0.5) is 4.79 Å². The minimum Gasteiger partial charge on any atom is -0.460 e. The molecule has 0 saturated heterocycles. The summed E-state index contributed by atoms with van der Waals surface area (Å²) in [4.78, 5) is 37.3. The molecule has 0 aliphatic carbocycles. The van der Waals surface area contributed by atoms with Crippen molar-refractivity contribution in [3.05, 3.63) is 0 Å². The quantitative estimate of drug-likeness (QED) is 0.707. The minimum absolute atomic E-state index is 0.0432. The van der Waals surface area contributed by atoms with E-state index in [1.165, 1.54) is 4.90 Å². The largest absolute Gasteiger partial charge is 0.460 e. The second kappa shape index (κ2) is 9.63. The predicted molar refractivity (Wildman–Crippen MR) is 96.1 cm³/mol. The van der Waals surface area contributed by atoms with E-state index < -0.39 is 23.2 Å². The van der Waals surface area contributed by atoms with Gasteiger partial charge in [0.15, 0.2) is 0 Å². The first-order chi connectivity index (χ1) is 11.2. The average molecular weight is 358 g/mol. The SMILES string of the molecule is CC[C@@H](CC(=O)OC(C)(C)C)C(=O)NCCN(C)C(=O)OC(C)(C)C. The Labute approximate surface area is 151 Å². The summed E-state index contributed by atoms with van der Waals surface area (Å²) in [6.45, 7) is 13.2. The molecule has 0 aliphatic heterocycles. The number of likely N-dealkylation sites (N-methyl/N-ethyl adjacent to an activating group) is 1. The normalized spacial score (nSPS) is 13.0. The number of nitrogens with one attached hydrogen (secondary N) is 1. The Bertz CT molecular complexity index is 463. The lowest BCUT2D eigenvalue weighted by atomic mass is 10.0. The molecule has 2 amide bonds. The van der Waals surface area contributed by atoms with Crippen molar-refractivity contribution in [3.63, 3.8) is 0 Å². The van der Waals surface area contributed by atoms with Crippen LogP contribution >= 0.6 is 0 Å². The van der Waals surface area contributed by atoms with E-state index in [4.69, 9.17) is 9.47 Å². The van der Waals surface area contributed by atoms with Crippen molar-refractivity contribution in [1.82, 2.24) is 10.2 Å². The molecule has 146 valence electrons. The van der Waals surface area contributed by atoms with E-state index in [1.807, 2.05) is 6.92 Å². The van der Waals surface area contributed by atoms with Gasteiger partial charge in [-0.15, -0.1) is 0 Å². The second-order valence-corrected chi connectivity index (χ2v) is 8.09. The van der Waals surface area contributed by atoms with Crippen LogP contribution < -0.4 is 5.32 Å². The van der Waals surface area contributed by atoms with Crippen LogP contribution in [0.15, 0.2) is 0 Å². The van der Waals surface area contributed by atoms with E-state index in [9.17, 15) is 14.4 Å². The third-order valence-electron chi connectivity index (χ3n) is 3.15. The maximum atomic E-state index is 12.2. The predicted octanol–water partition coefficient (Wildman–Crippen LogP) is 2.73. The average Bonchev–Trinajstić information content (AvgIpc) is 2.40. The van der Waals surface area contributed by atoms with Crippen molar-refractivity contribution in [2.24, 2.45) is 5.92 Å². The van der Waals surface area contributed by atoms with Gasteiger partial charge in [-0.05, 0) is 48.0 Å². The van der Waals surface area contributed by atoms with Gasteiger partial charge in [-0.25, -0.2) is 4.79 Å². The number of hydrogen-bond acceptors (Lipinski definition) is 5. The Morgan fingerprint density at radius 2 is 1.52 bits per heavy atom. The first-order valence-electron chi connectivity index (χ1n) is 8.69. The van der Waals surface area contributed by atoms with Crippen LogP contribution in [0, 0.1) is 5.92 Å². The Hall–Kier alpha value is -1.79. The second-order valence-electron chi connectivity index (χ2n) is 8.09. The van der Waals surface area contributed by atoms with Gasteiger partial charge in [-0.2, -0.15) is 0 Å². The molecular formula is C18H34N2O5. The smallest absolute Gasteiger partial charge is 0.410 e. The zero-order valence-corrected chi connectivity index (χ0v) is 16.9. The number of hydrogen-bond donors (Lipinski definition) is 1. The zero-order chi connectivity index (χ0) is 19.8. The molecule has 0 spiro atoms. The molecule has 0 aromatic rings. The molecule has 0 heterocycles. The van der Waals surface area contributed by atoms with E-state index in [-0.39, 0.29) is 18.3 Å². The van der Waals surface area contributed by atoms with E-state index in [0.29, 0.717) is 19.5 Å². The molecule has 0 fully saturated rings. The molecule has 0 saturated carbocycles. The first kappa shape index (κ1) is 23.2. The van der Waals surface area contributed by atoms with Crippen molar-refractivity contribution in [3.8, 4) is 0 Å². The standard InChI is InChI=1S/C18H34N2O5/c1-9-13(12-14(21)24-17(2,3)4)15(22)19-10-11-20(8)16(23)25-18(5,6)7/h13H,9-12H2,1-8H3,(H,19,22)/t13-/m0/s1. The van der Waals surface area contributed by atoms with Crippen molar-refractivity contribution in [2.75, 3.05) is 20.1 Å². The summed E-state index contributed by atoms with van der Waals surface area (Å²) in [7, 11) is 1.61. The van der Waals surface area contributed by atoms with Crippen LogP contribution in [0.1, 0.15) is 61.3 Å². The number of amides is 2. The Morgan fingerprint density at radius 1 is 1.00 bits per heavy atom. The summed E-state index contributed by atoms with van der Waals surface area (Å²) >= 11 is 0. The van der Waals surface area contributed by atoms with E-state index in [0.717, 1.165) is 0 Å². The van der Waals surface area contributed by atoms with Crippen molar-refractivity contribution in [1.29, 1.82) is 0 Å². The maximum absolute atomic E-state index is 12.2. The molecule has 0 unspecified atom stereocenters. The van der Waals surface area contributed by atoms with Gasteiger partial charge < -0.3 is 19.7 Å². The minimum atomic E-state index is -0.567. The lowest BCUT2D eigenvalue weighted by molar-refractivity contribution is -0.157. The molecule has 0 bridgehead atoms.